The fourth-order valence-corrected chi connectivity index (χ4v) is 4.64. The number of aromatic nitrogens is 2. The van der Waals surface area contributed by atoms with Gasteiger partial charge in [0.05, 0.1) is 10.4 Å². The Balaban J connectivity index is 1.89. The van der Waals surface area contributed by atoms with Gasteiger partial charge in [-0.3, -0.25) is 9.52 Å². The normalized spacial score (nSPS) is 11.8. The summed E-state index contributed by atoms with van der Waals surface area (Å²) in [5, 5.41) is 3.69. The van der Waals surface area contributed by atoms with Gasteiger partial charge in [0.15, 0.2) is 5.69 Å². The number of fused-ring (bicyclic) bond motifs is 3. The SMILES string of the molecule is NC(=O)c1nccc2c1[nH]c1ccc(S(=O)(=O)Nc3cccs3)cc12. The van der Waals surface area contributed by atoms with Crippen LogP contribution in [0.4, 0.5) is 5.00 Å². The number of primary amides is 1. The Labute approximate surface area is 146 Å². The molecule has 0 saturated carbocycles. The van der Waals surface area contributed by atoms with E-state index in [1.807, 2.05) is 0 Å². The van der Waals surface area contributed by atoms with E-state index >= 15 is 0 Å². The largest absolute Gasteiger partial charge is 0.364 e. The third kappa shape index (κ3) is 2.63. The van der Waals surface area contributed by atoms with Gasteiger partial charge in [0.1, 0.15) is 5.00 Å². The first-order chi connectivity index (χ1) is 12.0. The maximum atomic E-state index is 12.6. The number of nitrogens with one attached hydrogen (secondary N) is 2. The number of sulfonamides is 1. The Hall–Kier alpha value is -2.91. The van der Waals surface area contributed by atoms with Gasteiger partial charge in [-0.25, -0.2) is 13.4 Å². The number of nitrogens with zero attached hydrogens (tertiary/aromatic N) is 1. The number of carbonyl (C=O) groups excluding carboxylic acids is 1. The van der Waals surface area contributed by atoms with E-state index in [2.05, 4.69) is 14.7 Å². The molecule has 0 unspecified atom stereocenters. The topological polar surface area (TPSA) is 118 Å². The highest BCUT2D eigenvalue weighted by molar-refractivity contribution is 7.93. The van der Waals surface area contributed by atoms with Crippen molar-refractivity contribution in [2.75, 3.05) is 4.72 Å². The molecule has 1 amide bonds. The number of H-pyrrole nitrogens is 1. The molecule has 25 heavy (non-hydrogen) atoms. The summed E-state index contributed by atoms with van der Waals surface area (Å²) in [6.45, 7) is 0. The lowest BCUT2D eigenvalue weighted by atomic mass is 10.1. The molecule has 0 aliphatic rings. The van der Waals surface area contributed by atoms with Gasteiger partial charge < -0.3 is 10.7 Å². The molecule has 126 valence electrons. The Kier molecular flexibility index (Phi) is 3.48. The monoisotopic (exact) mass is 372 g/mol. The fourth-order valence-electron chi connectivity index (χ4n) is 2.68. The number of hydrogen-bond donors (Lipinski definition) is 3. The van der Waals surface area contributed by atoms with E-state index in [0.717, 1.165) is 0 Å². The molecule has 0 radical (unpaired) electrons. The van der Waals surface area contributed by atoms with Crippen LogP contribution in [0.1, 0.15) is 10.5 Å². The van der Waals surface area contributed by atoms with Crippen molar-refractivity contribution in [2.45, 2.75) is 4.90 Å². The summed E-state index contributed by atoms with van der Waals surface area (Å²) in [5.74, 6) is -0.649. The molecule has 0 aliphatic heterocycles. The van der Waals surface area contributed by atoms with Crippen LogP contribution in [-0.2, 0) is 10.0 Å². The summed E-state index contributed by atoms with van der Waals surface area (Å²) in [6, 6.07) is 9.90. The number of rotatable bonds is 4. The lowest BCUT2D eigenvalue weighted by Gasteiger charge is -2.06. The molecule has 0 spiro atoms. The van der Waals surface area contributed by atoms with Gasteiger partial charge in [-0.15, -0.1) is 11.3 Å². The van der Waals surface area contributed by atoms with Crippen LogP contribution >= 0.6 is 11.3 Å². The number of nitrogens with two attached hydrogens (primary N) is 1. The predicted molar refractivity (Wildman–Crippen MR) is 97.2 cm³/mol. The van der Waals surface area contributed by atoms with Crippen molar-refractivity contribution in [3.8, 4) is 0 Å². The van der Waals surface area contributed by atoms with Gasteiger partial charge in [-0.2, -0.15) is 0 Å². The van der Waals surface area contributed by atoms with Crippen LogP contribution in [0.2, 0.25) is 0 Å². The van der Waals surface area contributed by atoms with Crippen molar-refractivity contribution in [1.82, 2.24) is 9.97 Å². The molecule has 0 saturated heterocycles. The van der Waals surface area contributed by atoms with E-state index in [-0.39, 0.29) is 10.6 Å². The van der Waals surface area contributed by atoms with Crippen LogP contribution in [-0.4, -0.2) is 24.3 Å². The second-order valence-corrected chi connectivity index (χ2v) is 7.99. The van der Waals surface area contributed by atoms with Crippen molar-refractivity contribution in [3.63, 3.8) is 0 Å². The van der Waals surface area contributed by atoms with Crippen LogP contribution < -0.4 is 10.5 Å². The summed E-state index contributed by atoms with van der Waals surface area (Å²) in [5.41, 5.74) is 6.66. The Bertz CT molecular complexity index is 1210. The van der Waals surface area contributed by atoms with Gasteiger partial charge >= 0.3 is 0 Å². The highest BCUT2D eigenvalue weighted by Crippen LogP contribution is 2.29. The average molecular weight is 372 g/mol. The first-order valence-corrected chi connectivity index (χ1v) is 9.58. The number of hydrogen-bond acceptors (Lipinski definition) is 5. The molecule has 0 aliphatic carbocycles. The van der Waals surface area contributed by atoms with Crippen molar-refractivity contribution in [1.29, 1.82) is 0 Å². The summed E-state index contributed by atoms with van der Waals surface area (Å²) in [4.78, 5) is 18.7. The van der Waals surface area contributed by atoms with Gasteiger partial charge in [0.2, 0.25) is 0 Å². The second-order valence-electron chi connectivity index (χ2n) is 5.36. The van der Waals surface area contributed by atoms with Crippen LogP contribution in [0.25, 0.3) is 21.8 Å². The zero-order chi connectivity index (χ0) is 17.6. The molecule has 0 bridgehead atoms. The maximum absolute atomic E-state index is 12.6. The summed E-state index contributed by atoms with van der Waals surface area (Å²) < 4.78 is 27.7. The molecular formula is C16H12N4O3S2. The molecule has 0 atom stereocenters. The first kappa shape index (κ1) is 15.6. The van der Waals surface area contributed by atoms with Crippen molar-refractivity contribution in [2.24, 2.45) is 5.73 Å². The van der Waals surface area contributed by atoms with Crippen LogP contribution in [0.3, 0.4) is 0 Å². The minimum atomic E-state index is -3.71. The Morgan fingerprint density at radius 2 is 2.04 bits per heavy atom. The van der Waals surface area contributed by atoms with Gasteiger partial charge in [-0.05, 0) is 41.8 Å². The average Bonchev–Trinajstić information content (AvgIpc) is 3.20. The summed E-state index contributed by atoms with van der Waals surface area (Å²) in [6.07, 6.45) is 1.47. The molecule has 0 fully saturated rings. The minimum absolute atomic E-state index is 0.120. The van der Waals surface area contributed by atoms with Crippen LogP contribution in [0, 0.1) is 0 Å². The van der Waals surface area contributed by atoms with Gasteiger partial charge in [0.25, 0.3) is 15.9 Å². The zero-order valence-corrected chi connectivity index (χ0v) is 14.3. The summed E-state index contributed by atoms with van der Waals surface area (Å²) >= 11 is 1.30. The standard InChI is InChI=1S/C16H12N4O3S2/c17-16(21)15-14-10(5-6-18-15)11-8-9(3-4-12(11)19-14)25(22,23)20-13-2-1-7-24-13/h1-8,19-20H,(H2,17,21). The van der Waals surface area contributed by atoms with E-state index in [1.165, 1.54) is 23.6 Å². The van der Waals surface area contributed by atoms with Crippen LogP contribution in [0.5, 0.6) is 0 Å². The predicted octanol–water partition coefficient (Wildman–Crippen LogP) is 2.68. The zero-order valence-electron chi connectivity index (χ0n) is 12.7. The number of amides is 1. The highest BCUT2D eigenvalue weighted by Gasteiger charge is 2.18. The lowest BCUT2D eigenvalue weighted by Crippen LogP contribution is -2.13. The van der Waals surface area contributed by atoms with Gasteiger partial charge in [-0.1, -0.05) is 0 Å². The molecule has 1 aromatic carbocycles. The number of thiophene rings is 1. The van der Waals surface area contributed by atoms with E-state index in [4.69, 9.17) is 5.73 Å². The molecule has 4 N–H and O–H groups in total. The molecule has 7 nitrogen and oxygen atoms in total. The third-order valence-electron chi connectivity index (χ3n) is 3.79. The molecule has 4 aromatic rings. The van der Waals surface area contributed by atoms with E-state index in [9.17, 15) is 13.2 Å². The van der Waals surface area contributed by atoms with E-state index < -0.39 is 15.9 Å². The molecule has 3 heterocycles. The molecule has 4 rings (SSSR count). The van der Waals surface area contributed by atoms with Crippen molar-refractivity contribution < 1.29 is 13.2 Å². The lowest BCUT2D eigenvalue weighted by molar-refractivity contribution is 0.0997. The number of aromatic amines is 1. The smallest absolute Gasteiger partial charge is 0.269 e. The number of pyridine rings is 1. The third-order valence-corrected chi connectivity index (χ3v) is 6.07. The Morgan fingerprint density at radius 3 is 2.76 bits per heavy atom. The second kappa shape index (κ2) is 5.57. The summed E-state index contributed by atoms with van der Waals surface area (Å²) in [7, 11) is -3.71. The minimum Gasteiger partial charge on any atom is -0.364 e. The Morgan fingerprint density at radius 1 is 1.20 bits per heavy atom. The quantitative estimate of drug-likeness (QED) is 0.510. The van der Waals surface area contributed by atoms with E-state index in [1.54, 1.807) is 35.7 Å². The molecule has 9 heteroatoms. The molecule has 3 aromatic heterocycles. The molecular weight excluding hydrogens is 360 g/mol. The van der Waals surface area contributed by atoms with Crippen molar-refractivity contribution >= 4 is 54.1 Å². The highest BCUT2D eigenvalue weighted by atomic mass is 32.2. The fraction of sp³-hybridized carbons (Fsp3) is 0. The van der Waals surface area contributed by atoms with Crippen molar-refractivity contribution in [3.05, 3.63) is 53.7 Å². The maximum Gasteiger partial charge on any atom is 0.269 e. The van der Waals surface area contributed by atoms with E-state index in [0.29, 0.717) is 26.8 Å². The first-order valence-electron chi connectivity index (χ1n) is 7.22. The number of carbonyl (C=O) groups is 1. The van der Waals surface area contributed by atoms with Crippen LogP contribution in [0.15, 0.2) is 52.9 Å². The number of benzene rings is 1. The number of anilines is 1. The van der Waals surface area contributed by atoms with Gasteiger partial charge in [0, 0.05) is 22.5 Å².